The van der Waals surface area contributed by atoms with Crippen LogP contribution in [0.2, 0.25) is 0 Å². The third-order valence-electron chi connectivity index (χ3n) is 5.49. The number of aliphatic carboxylic acids is 2. The highest BCUT2D eigenvalue weighted by molar-refractivity contribution is 7.89. The van der Waals surface area contributed by atoms with E-state index < -0.39 is 52.2 Å². The number of likely N-dealkylation sites (N-methyl/N-ethyl adjacent to an activating group) is 1. The fourth-order valence-electron chi connectivity index (χ4n) is 3.28. The number of carboxylic acid groups (broad SMARTS) is 2. The molecule has 3 aromatic rings. The van der Waals surface area contributed by atoms with E-state index in [0.717, 1.165) is 13.1 Å². The number of nitrogens with two attached hydrogens (primary N) is 1. The van der Waals surface area contributed by atoms with Gasteiger partial charge in [0.25, 0.3) is 11.5 Å². The van der Waals surface area contributed by atoms with Crippen molar-refractivity contribution in [2.75, 3.05) is 26.7 Å². The number of nitrogens with one attached hydrogen (secondary N) is 1. The van der Waals surface area contributed by atoms with Crippen molar-refractivity contribution in [2.45, 2.75) is 23.5 Å². The van der Waals surface area contributed by atoms with E-state index >= 15 is 0 Å². The van der Waals surface area contributed by atoms with E-state index in [1.807, 2.05) is 0 Å². The van der Waals surface area contributed by atoms with Crippen molar-refractivity contribution in [3.63, 3.8) is 0 Å². The molecule has 2 heterocycles. The molecule has 0 aliphatic carbocycles. The quantitative estimate of drug-likeness (QED) is 0.227. The summed E-state index contributed by atoms with van der Waals surface area (Å²) in [6.07, 6.45) is -2.93. The van der Waals surface area contributed by atoms with Crippen LogP contribution in [0.1, 0.15) is 16.8 Å². The number of hydrogen-bond donors (Lipinski definition) is 4. The van der Waals surface area contributed by atoms with Gasteiger partial charge in [0.2, 0.25) is 10.0 Å². The summed E-state index contributed by atoms with van der Waals surface area (Å²) in [6, 6.07) is 11.6. The number of carbonyl (C=O) groups is 3. The molecular weight excluding hydrogens is 589 g/mol. The van der Waals surface area contributed by atoms with Gasteiger partial charge in [0.15, 0.2) is 0 Å². The molecule has 0 fully saturated rings. The molecule has 0 saturated carbocycles. The number of sulfonamides is 1. The van der Waals surface area contributed by atoms with Gasteiger partial charge in [-0.25, -0.2) is 13.2 Å². The topological polar surface area (TPSA) is 198 Å². The Kier molecular flexibility index (Phi) is 11.6. The van der Waals surface area contributed by atoms with Crippen molar-refractivity contribution in [3.8, 4) is 5.75 Å². The Labute approximate surface area is 237 Å². The van der Waals surface area contributed by atoms with Crippen molar-refractivity contribution >= 4 is 33.4 Å². The first kappa shape index (κ1) is 33.7. The van der Waals surface area contributed by atoms with E-state index in [0.29, 0.717) is 35.1 Å². The third kappa shape index (κ3) is 9.02. The molecule has 1 amide bonds. The highest BCUT2D eigenvalue weighted by atomic mass is 32.2. The zero-order chi connectivity index (χ0) is 31.7. The van der Waals surface area contributed by atoms with Gasteiger partial charge in [0.05, 0.1) is 17.7 Å². The van der Waals surface area contributed by atoms with Gasteiger partial charge in [-0.3, -0.25) is 18.8 Å². The molecule has 1 aromatic carbocycles. The lowest BCUT2D eigenvalue weighted by Gasteiger charge is -2.24. The Morgan fingerprint density at radius 2 is 1.71 bits per heavy atom. The molecule has 42 heavy (non-hydrogen) atoms. The molecule has 0 aliphatic rings. The molecule has 1 atom stereocenters. The molecule has 2 aromatic heterocycles. The predicted molar refractivity (Wildman–Crippen MR) is 142 cm³/mol. The van der Waals surface area contributed by atoms with Gasteiger partial charge in [-0.15, -0.1) is 0 Å². The summed E-state index contributed by atoms with van der Waals surface area (Å²) >= 11 is 0. The lowest BCUT2D eigenvalue weighted by atomic mass is 10.2. The Morgan fingerprint density at radius 1 is 1.10 bits per heavy atom. The summed E-state index contributed by atoms with van der Waals surface area (Å²) in [5, 5.41) is 19.1. The molecule has 0 spiro atoms. The van der Waals surface area contributed by atoms with Gasteiger partial charge in [-0.2, -0.15) is 17.5 Å². The highest BCUT2D eigenvalue weighted by Gasteiger charge is 2.38. The van der Waals surface area contributed by atoms with Gasteiger partial charge in [0.1, 0.15) is 11.8 Å². The van der Waals surface area contributed by atoms with E-state index in [2.05, 4.69) is 5.32 Å². The minimum Gasteiger partial charge on any atom is -0.492 e. The molecule has 0 saturated heterocycles. The highest BCUT2D eigenvalue weighted by Crippen LogP contribution is 2.17. The maximum Gasteiger partial charge on any atom is 0.490 e. The molecule has 1 unspecified atom stereocenters. The summed E-state index contributed by atoms with van der Waals surface area (Å²) in [5.74, 6) is -4.44. The van der Waals surface area contributed by atoms with Crippen molar-refractivity contribution in [1.82, 2.24) is 14.0 Å². The van der Waals surface area contributed by atoms with Crippen molar-refractivity contribution in [1.29, 1.82) is 0 Å². The second-order valence-electron chi connectivity index (χ2n) is 8.43. The molecule has 3 rings (SSSR count). The number of halogens is 3. The van der Waals surface area contributed by atoms with E-state index in [1.54, 1.807) is 18.2 Å². The number of carboxylic acids is 2. The van der Waals surface area contributed by atoms with Crippen LogP contribution in [0.3, 0.4) is 0 Å². The van der Waals surface area contributed by atoms with Crippen LogP contribution in [0, 0.1) is 0 Å². The number of carbonyl (C=O) groups excluding carboxylic acids is 1. The summed E-state index contributed by atoms with van der Waals surface area (Å²) in [5.41, 5.74) is 5.38. The van der Waals surface area contributed by atoms with Crippen LogP contribution in [0.5, 0.6) is 5.75 Å². The maximum atomic E-state index is 12.8. The van der Waals surface area contributed by atoms with Crippen LogP contribution in [-0.2, 0) is 19.6 Å². The van der Waals surface area contributed by atoms with Crippen LogP contribution in [0.4, 0.5) is 13.2 Å². The van der Waals surface area contributed by atoms with Crippen LogP contribution in [0.15, 0.2) is 70.5 Å². The molecule has 228 valence electrons. The van der Waals surface area contributed by atoms with Gasteiger partial charge < -0.3 is 26.0 Å². The molecule has 5 N–H and O–H groups in total. The zero-order valence-corrected chi connectivity index (χ0v) is 22.8. The lowest BCUT2D eigenvalue weighted by molar-refractivity contribution is -0.192. The number of hydrogen-bond acceptors (Lipinski definition) is 8. The molecule has 13 nitrogen and oxygen atoms in total. The summed E-state index contributed by atoms with van der Waals surface area (Å²) in [7, 11) is -2.99. The first-order valence-electron chi connectivity index (χ1n) is 11.9. The third-order valence-corrected chi connectivity index (χ3v) is 7.38. The fourth-order valence-corrected chi connectivity index (χ4v) is 4.62. The van der Waals surface area contributed by atoms with Crippen molar-refractivity contribution < 1.29 is 50.9 Å². The first-order valence-corrected chi connectivity index (χ1v) is 13.4. The molecule has 0 radical (unpaired) electrons. The Hall–Kier alpha value is -4.48. The second-order valence-corrected chi connectivity index (χ2v) is 10.4. The van der Waals surface area contributed by atoms with E-state index in [-0.39, 0.29) is 10.5 Å². The summed E-state index contributed by atoms with van der Waals surface area (Å²) < 4.78 is 64.8. The van der Waals surface area contributed by atoms with Crippen LogP contribution in [0.25, 0.3) is 5.52 Å². The van der Waals surface area contributed by atoms with Gasteiger partial charge in [-0.1, -0.05) is 18.2 Å². The minimum atomic E-state index is -5.08. The standard InChI is InChI=1S/C23H26N4O7S.C2HF3O2/c1-26(35(32,33)19-6-3-2-4-7-19)20(23(30)31)14-25-22(29)16-12-17-8-9-18(34-11-5-10-24)15-27(17)21(28)13-16;3-2(4,5)1(6)7/h2-4,6-9,12-13,15,20H,5,10-11,14,24H2,1H3,(H,25,29)(H,30,31);(H,6,7). The van der Waals surface area contributed by atoms with E-state index in [1.165, 1.54) is 40.9 Å². The molecular formula is C25H27F3N4O9S. The minimum absolute atomic E-state index is 0.00417. The Morgan fingerprint density at radius 3 is 2.26 bits per heavy atom. The number of alkyl halides is 3. The van der Waals surface area contributed by atoms with Gasteiger partial charge in [-0.05, 0) is 43.3 Å². The monoisotopic (exact) mass is 616 g/mol. The number of benzene rings is 1. The van der Waals surface area contributed by atoms with E-state index in [9.17, 15) is 41.1 Å². The smallest absolute Gasteiger partial charge is 0.490 e. The number of aromatic nitrogens is 1. The van der Waals surface area contributed by atoms with Gasteiger partial charge in [0, 0.05) is 30.7 Å². The first-order chi connectivity index (χ1) is 19.6. The number of ether oxygens (including phenoxy) is 1. The average molecular weight is 617 g/mol. The van der Waals surface area contributed by atoms with Crippen molar-refractivity contribution in [3.05, 3.63) is 76.7 Å². The maximum absolute atomic E-state index is 12.8. The van der Waals surface area contributed by atoms with Crippen LogP contribution in [-0.4, -0.2) is 84.1 Å². The largest absolute Gasteiger partial charge is 0.492 e. The zero-order valence-electron chi connectivity index (χ0n) is 21.9. The van der Waals surface area contributed by atoms with Gasteiger partial charge >= 0.3 is 18.1 Å². The number of amides is 1. The number of pyridine rings is 2. The number of nitrogens with zero attached hydrogens (tertiary/aromatic N) is 2. The molecule has 0 aliphatic heterocycles. The average Bonchev–Trinajstić information content (AvgIpc) is 2.93. The summed E-state index contributed by atoms with van der Waals surface area (Å²) in [6.45, 7) is 0.364. The Balaban J connectivity index is 0.000000782. The van der Waals surface area contributed by atoms with E-state index in [4.69, 9.17) is 20.4 Å². The molecule has 17 heteroatoms. The van der Waals surface area contributed by atoms with Crippen LogP contribution < -0.4 is 21.3 Å². The normalized spacial score (nSPS) is 12.2. The number of rotatable bonds is 11. The van der Waals surface area contributed by atoms with Crippen molar-refractivity contribution in [2.24, 2.45) is 5.73 Å². The predicted octanol–water partition coefficient (Wildman–Crippen LogP) is 1.16. The summed E-state index contributed by atoms with van der Waals surface area (Å²) in [4.78, 5) is 45.9. The fraction of sp³-hybridized carbons (Fsp3) is 0.280. The number of fused-ring (bicyclic) bond motifs is 1. The lowest BCUT2D eigenvalue weighted by Crippen LogP contribution is -2.49. The Bertz CT molecular complexity index is 1580. The SMILES string of the molecule is CN(C(CNC(=O)c1cc(=O)n2cc(OCCCN)ccc2c1)C(=O)O)S(=O)(=O)c1ccccc1.O=C(O)C(F)(F)F. The second kappa shape index (κ2) is 14.4. The molecule has 0 bridgehead atoms. The van der Waals surface area contributed by atoms with Crippen LogP contribution >= 0.6 is 0 Å².